The van der Waals surface area contributed by atoms with Gasteiger partial charge in [0.25, 0.3) is 0 Å². The van der Waals surface area contributed by atoms with E-state index in [2.05, 4.69) is 35.5 Å². The summed E-state index contributed by atoms with van der Waals surface area (Å²) in [7, 11) is 0. The van der Waals surface area contributed by atoms with E-state index in [1.54, 1.807) is 0 Å². The topological polar surface area (TPSA) is 30.7 Å². The molecule has 2 atom stereocenters. The third-order valence-electron chi connectivity index (χ3n) is 4.50. The lowest BCUT2D eigenvalue weighted by atomic mass is 10.0. The Bertz CT molecular complexity index is 434. The molecule has 18 heavy (non-hydrogen) atoms. The second kappa shape index (κ2) is 4.22. The zero-order valence-electron chi connectivity index (χ0n) is 11.5. The fourth-order valence-corrected chi connectivity index (χ4v) is 3.91. The minimum absolute atomic E-state index is 0.0226. The average molecular weight is 268 g/mol. The van der Waals surface area contributed by atoms with E-state index in [-0.39, 0.29) is 5.54 Å². The Morgan fingerprint density at radius 1 is 1.17 bits per heavy atom. The predicted molar refractivity (Wildman–Crippen MR) is 72.8 cm³/mol. The Labute approximate surface area is 114 Å². The van der Waals surface area contributed by atoms with Crippen LogP contribution in [0.3, 0.4) is 0 Å². The van der Waals surface area contributed by atoms with Crippen molar-refractivity contribution in [2.45, 2.75) is 63.8 Å². The Kier molecular flexibility index (Phi) is 2.92. The van der Waals surface area contributed by atoms with Gasteiger partial charge in [0.15, 0.2) is 0 Å². The molecule has 2 unspecified atom stereocenters. The Balaban J connectivity index is 1.96. The van der Waals surface area contributed by atoms with Crippen molar-refractivity contribution in [3.63, 3.8) is 0 Å². The van der Waals surface area contributed by atoms with Gasteiger partial charge in [0.2, 0.25) is 0 Å². The summed E-state index contributed by atoms with van der Waals surface area (Å²) in [6.07, 6.45) is 5.54. The monoisotopic (exact) mass is 267 g/mol. The first-order chi connectivity index (χ1) is 8.54. The summed E-state index contributed by atoms with van der Waals surface area (Å²) in [5, 5.41) is 8.77. The number of rotatable bonds is 2. The lowest BCUT2D eigenvalue weighted by molar-refractivity contribution is 0.370. The maximum Gasteiger partial charge on any atom is 0.148 e. The minimum Gasteiger partial charge on any atom is -0.308 e. The highest BCUT2D eigenvalue weighted by Crippen LogP contribution is 2.61. The molecule has 0 aromatic carbocycles. The van der Waals surface area contributed by atoms with Crippen molar-refractivity contribution in [2.24, 2.45) is 11.8 Å². The van der Waals surface area contributed by atoms with Crippen molar-refractivity contribution >= 4 is 11.6 Å². The lowest BCUT2D eigenvalue weighted by Crippen LogP contribution is -2.26. The summed E-state index contributed by atoms with van der Waals surface area (Å²) >= 11 is 6.01. The van der Waals surface area contributed by atoms with Crippen LogP contribution < -0.4 is 0 Å². The van der Waals surface area contributed by atoms with Crippen molar-refractivity contribution in [1.82, 2.24) is 14.8 Å². The van der Waals surface area contributed by atoms with Gasteiger partial charge >= 0.3 is 0 Å². The second-order valence-electron chi connectivity index (χ2n) is 6.75. The molecule has 3 rings (SSSR count). The summed E-state index contributed by atoms with van der Waals surface area (Å²) in [6.45, 7) is 6.63. The molecule has 2 aliphatic rings. The summed E-state index contributed by atoms with van der Waals surface area (Å²) in [5.41, 5.74) is 0.0226. The molecule has 0 N–H and O–H groups in total. The van der Waals surface area contributed by atoms with Gasteiger partial charge in [-0.05, 0) is 45.4 Å². The third kappa shape index (κ3) is 1.87. The molecular weight excluding hydrogens is 246 g/mol. The second-order valence-corrected chi connectivity index (χ2v) is 7.02. The zero-order chi connectivity index (χ0) is 12.9. The molecule has 3 nitrogen and oxygen atoms in total. The van der Waals surface area contributed by atoms with Crippen LogP contribution in [0.5, 0.6) is 0 Å². The summed E-state index contributed by atoms with van der Waals surface area (Å²) < 4.78 is 2.28. The maximum atomic E-state index is 6.01. The molecule has 4 heteroatoms. The van der Waals surface area contributed by atoms with Crippen LogP contribution in [0.1, 0.15) is 64.0 Å². The SMILES string of the molecule is CC(C)(C)n1c(CCl)nnc1C1C2CCCCC21. The van der Waals surface area contributed by atoms with Crippen molar-refractivity contribution < 1.29 is 0 Å². The first-order valence-corrected chi connectivity index (χ1v) is 7.58. The van der Waals surface area contributed by atoms with Gasteiger partial charge in [-0.2, -0.15) is 0 Å². The van der Waals surface area contributed by atoms with E-state index in [0.717, 1.165) is 17.7 Å². The molecule has 0 bridgehead atoms. The molecule has 100 valence electrons. The summed E-state index contributed by atoms with van der Waals surface area (Å²) in [4.78, 5) is 0. The zero-order valence-corrected chi connectivity index (χ0v) is 12.2. The van der Waals surface area contributed by atoms with E-state index >= 15 is 0 Å². The molecule has 1 aromatic rings. The van der Waals surface area contributed by atoms with E-state index < -0.39 is 0 Å². The minimum atomic E-state index is 0.0226. The first kappa shape index (κ1) is 12.5. The van der Waals surface area contributed by atoms with E-state index in [1.165, 1.54) is 31.5 Å². The average Bonchev–Trinajstić information content (AvgIpc) is 2.88. The van der Waals surface area contributed by atoms with E-state index in [4.69, 9.17) is 11.6 Å². The van der Waals surface area contributed by atoms with E-state index in [1.807, 2.05) is 0 Å². The number of hydrogen-bond donors (Lipinski definition) is 0. The summed E-state index contributed by atoms with van der Waals surface area (Å²) in [5.74, 6) is 4.94. The molecule has 2 aliphatic carbocycles. The third-order valence-corrected chi connectivity index (χ3v) is 4.74. The highest BCUT2D eigenvalue weighted by molar-refractivity contribution is 6.16. The van der Waals surface area contributed by atoms with Crippen LogP contribution in [-0.4, -0.2) is 14.8 Å². The molecular formula is C14H22ClN3. The Morgan fingerprint density at radius 2 is 1.78 bits per heavy atom. The van der Waals surface area contributed by atoms with E-state index in [0.29, 0.717) is 11.8 Å². The van der Waals surface area contributed by atoms with Crippen LogP contribution in [0.2, 0.25) is 0 Å². The van der Waals surface area contributed by atoms with Gasteiger partial charge in [0.1, 0.15) is 11.6 Å². The number of aromatic nitrogens is 3. The van der Waals surface area contributed by atoms with Crippen molar-refractivity contribution in [1.29, 1.82) is 0 Å². The molecule has 0 radical (unpaired) electrons. The van der Waals surface area contributed by atoms with Gasteiger partial charge in [-0.25, -0.2) is 0 Å². The molecule has 0 saturated heterocycles. The molecule has 2 saturated carbocycles. The highest BCUT2D eigenvalue weighted by atomic mass is 35.5. The van der Waals surface area contributed by atoms with Crippen LogP contribution in [0, 0.1) is 11.8 Å². The van der Waals surface area contributed by atoms with Gasteiger partial charge in [-0.1, -0.05) is 12.8 Å². The quantitative estimate of drug-likeness (QED) is 0.766. The van der Waals surface area contributed by atoms with Gasteiger partial charge < -0.3 is 4.57 Å². The molecule has 1 aromatic heterocycles. The van der Waals surface area contributed by atoms with Crippen LogP contribution in [-0.2, 0) is 11.4 Å². The van der Waals surface area contributed by atoms with Gasteiger partial charge in [-0.15, -0.1) is 21.8 Å². The maximum absolute atomic E-state index is 6.01. The fraction of sp³-hybridized carbons (Fsp3) is 0.857. The molecule has 0 spiro atoms. The van der Waals surface area contributed by atoms with E-state index in [9.17, 15) is 0 Å². The van der Waals surface area contributed by atoms with Gasteiger partial charge in [-0.3, -0.25) is 0 Å². The largest absolute Gasteiger partial charge is 0.308 e. The van der Waals surface area contributed by atoms with Crippen molar-refractivity contribution in [3.8, 4) is 0 Å². The Morgan fingerprint density at radius 3 is 2.28 bits per heavy atom. The molecule has 0 aliphatic heterocycles. The van der Waals surface area contributed by atoms with Crippen LogP contribution in [0.25, 0.3) is 0 Å². The Hall–Kier alpha value is -0.570. The smallest absolute Gasteiger partial charge is 0.148 e. The number of fused-ring (bicyclic) bond motifs is 1. The van der Waals surface area contributed by atoms with Crippen LogP contribution in [0.15, 0.2) is 0 Å². The van der Waals surface area contributed by atoms with Crippen LogP contribution >= 0.6 is 11.6 Å². The first-order valence-electron chi connectivity index (χ1n) is 7.04. The number of nitrogens with zero attached hydrogens (tertiary/aromatic N) is 3. The predicted octanol–water partition coefficient (Wildman–Crippen LogP) is 3.68. The van der Waals surface area contributed by atoms with Crippen molar-refractivity contribution in [3.05, 3.63) is 11.6 Å². The molecule has 2 fully saturated rings. The molecule has 0 amide bonds. The normalized spacial score (nSPS) is 31.2. The van der Waals surface area contributed by atoms with Crippen LogP contribution in [0.4, 0.5) is 0 Å². The highest BCUT2D eigenvalue weighted by Gasteiger charge is 2.54. The number of halogens is 1. The number of alkyl halides is 1. The molecule has 1 heterocycles. The van der Waals surface area contributed by atoms with Gasteiger partial charge in [0.05, 0.1) is 5.88 Å². The number of hydrogen-bond acceptors (Lipinski definition) is 2. The lowest BCUT2D eigenvalue weighted by Gasteiger charge is -2.24. The standard InChI is InChI=1S/C14H22ClN3/c1-14(2,3)18-11(8-15)16-17-13(18)12-9-6-4-5-7-10(9)12/h9-10,12H,4-8H2,1-3H3. The van der Waals surface area contributed by atoms with Crippen molar-refractivity contribution in [2.75, 3.05) is 0 Å². The fourth-order valence-electron chi connectivity index (χ4n) is 3.74. The summed E-state index contributed by atoms with van der Waals surface area (Å²) in [6, 6.07) is 0. The van der Waals surface area contributed by atoms with Gasteiger partial charge in [0, 0.05) is 11.5 Å².